The number of nitrogens with two attached hydrogens (primary N) is 1. The Kier molecular flexibility index (Phi) is 6.53. The maximum atomic E-state index is 13.1. The molecule has 3 rings (SSSR count). The molecule has 2 amide bonds. The highest BCUT2D eigenvalue weighted by molar-refractivity contribution is 7.12. The molecule has 1 aromatic heterocycles. The molecule has 3 N–H and O–H groups in total. The lowest BCUT2D eigenvalue weighted by molar-refractivity contribution is -0.129. The number of likely N-dealkylation sites (N-methyl/N-ethyl adjacent to an activating group) is 1. The molecule has 0 spiro atoms. The Bertz CT molecular complexity index is 967. The number of thiophene rings is 1. The van der Waals surface area contributed by atoms with Crippen LogP contribution in [0.1, 0.15) is 21.3 Å². The highest BCUT2D eigenvalue weighted by Gasteiger charge is 2.43. The van der Waals surface area contributed by atoms with E-state index < -0.39 is 23.6 Å². The first-order chi connectivity index (χ1) is 14.3. The predicted molar refractivity (Wildman–Crippen MR) is 112 cm³/mol. The van der Waals surface area contributed by atoms with Crippen LogP contribution in [0, 0.1) is 0 Å². The average Bonchev–Trinajstić information content (AvgIpc) is 3.33. The first-order valence-corrected chi connectivity index (χ1v) is 10.2. The van der Waals surface area contributed by atoms with E-state index in [1.165, 1.54) is 16.2 Å². The topological polar surface area (TPSA) is 113 Å². The average molecular weight is 429 g/mol. The van der Waals surface area contributed by atoms with Crippen molar-refractivity contribution >= 4 is 28.9 Å². The molecule has 1 aliphatic rings. The molecule has 0 aliphatic carbocycles. The molecule has 0 bridgehead atoms. The smallest absolute Gasteiger partial charge is 0.290 e. The van der Waals surface area contributed by atoms with Gasteiger partial charge in [0.25, 0.3) is 11.8 Å². The predicted octanol–water partition coefficient (Wildman–Crippen LogP) is 1.75. The molecule has 158 valence electrons. The van der Waals surface area contributed by atoms with Gasteiger partial charge in [0.05, 0.1) is 16.5 Å². The number of carbonyl (C=O) groups is 3. The lowest BCUT2D eigenvalue weighted by Gasteiger charge is -2.28. The van der Waals surface area contributed by atoms with Gasteiger partial charge < -0.3 is 25.4 Å². The van der Waals surface area contributed by atoms with Crippen molar-refractivity contribution in [2.45, 2.75) is 6.04 Å². The van der Waals surface area contributed by atoms with E-state index in [4.69, 9.17) is 10.5 Å². The summed E-state index contributed by atoms with van der Waals surface area (Å²) in [6.07, 6.45) is 0. The molecule has 1 aromatic carbocycles. The van der Waals surface area contributed by atoms with E-state index >= 15 is 0 Å². The summed E-state index contributed by atoms with van der Waals surface area (Å²) < 4.78 is 5.28. The van der Waals surface area contributed by atoms with Crippen molar-refractivity contribution in [3.8, 4) is 5.75 Å². The van der Waals surface area contributed by atoms with Crippen LogP contribution in [0.4, 0.5) is 0 Å². The van der Waals surface area contributed by atoms with E-state index in [2.05, 4.69) is 0 Å². The van der Waals surface area contributed by atoms with Gasteiger partial charge in [-0.25, -0.2) is 0 Å². The number of ketones is 1. The number of carbonyl (C=O) groups excluding carboxylic acids is 3. The third-order valence-electron chi connectivity index (χ3n) is 4.66. The Labute approximate surface area is 178 Å². The Morgan fingerprint density at radius 1 is 1.23 bits per heavy atom. The van der Waals surface area contributed by atoms with Crippen LogP contribution in [-0.4, -0.2) is 66.3 Å². The monoisotopic (exact) mass is 429 g/mol. The van der Waals surface area contributed by atoms with Crippen LogP contribution in [0.3, 0.4) is 0 Å². The number of hydrogen-bond acceptors (Lipinski definition) is 7. The number of amides is 2. The molecule has 2 aromatic rings. The van der Waals surface area contributed by atoms with Gasteiger partial charge in [-0.2, -0.15) is 0 Å². The third kappa shape index (κ3) is 4.52. The highest BCUT2D eigenvalue weighted by Crippen LogP contribution is 2.39. The highest BCUT2D eigenvalue weighted by atomic mass is 32.1. The number of ether oxygens (including phenoxy) is 1. The number of primary amides is 1. The summed E-state index contributed by atoms with van der Waals surface area (Å²) >= 11 is 1.25. The summed E-state index contributed by atoms with van der Waals surface area (Å²) in [5, 5.41) is 12.3. The molecule has 0 radical (unpaired) electrons. The van der Waals surface area contributed by atoms with Gasteiger partial charge in [0.1, 0.15) is 5.75 Å². The molecular formula is C21H23N3O5S. The molecule has 8 nitrogen and oxygen atoms in total. The van der Waals surface area contributed by atoms with Gasteiger partial charge in [0.2, 0.25) is 5.78 Å². The number of aliphatic hydroxyl groups is 1. The number of benzene rings is 1. The lowest BCUT2D eigenvalue weighted by atomic mass is 9.95. The fourth-order valence-electron chi connectivity index (χ4n) is 3.21. The third-order valence-corrected chi connectivity index (χ3v) is 5.53. The molecule has 2 heterocycles. The second-order valence-corrected chi connectivity index (χ2v) is 8.04. The van der Waals surface area contributed by atoms with Crippen molar-refractivity contribution < 1.29 is 24.2 Å². The summed E-state index contributed by atoms with van der Waals surface area (Å²) in [6.45, 7) is 0.649. The summed E-state index contributed by atoms with van der Waals surface area (Å²) in [5.41, 5.74) is 5.80. The van der Waals surface area contributed by atoms with E-state index in [-0.39, 0.29) is 18.0 Å². The zero-order valence-electron chi connectivity index (χ0n) is 16.7. The number of hydrogen-bond donors (Lipinski definition) is 2. The minimum Gasteiger partial charge on any atom is -0.503 e. The minimum atomic E-state index is -0.725. The maximum absolute atomic E-state index is 13.1. The van der Waals surface area contributed by atoms with Crippen LogP contribution in [0.15, 0.2) is 53.1 Å². The van der Waals surface area contributed by atoms with E-state index in [1.54, 1.807) is 41.8 Å². The van der Waals surface area contributed by atoms with Crippen LogP contribution in [-0.2, 0) is 9.59 Å². The second-order valence-electron chi connectivity index (χ2n) is 7.10. The first kappa shape index (κ1) is 21.5. The largest absolute Gasteiger partial charge is 0.503 e. The van der Waals surface area contributed by atoms with Crippen molar-refractivity contribution in [1.29, 1.82) is 0 Å². The molecule has 1 atom stereocenters. The SMILES string of the molecule is CN(C)CCN1C(=O)C(O)=C(C(=O)c2cccs2)[C@@H]1c1ccc(OCC(N)=O)cc1. The standard InChI is InChI=1S/C21H23N3O5S/c1-23(2)9-10-24-18(13-5-7-14(8-6-13)29-12-16(22)25)17(20(27)21(24)28)19(26)15-4-3-11-30-15/h3-8,11,18,27H,9-10,12H2,1-2H3,(H2,22,25)/t18-/m0/s1. The summed E-state index contributed by atoms with van der Waals surface area (Å²) in [6, 6.07) is 9.37. The summed E-state index contributed by atoms with van der Waals surface area (Å²) in [4.78, 5) is 40.7. The lowest BCUT2D eigenvalue weighted by Crippen LogP contribution is -2.36. The maximum Gasteiger partial charge on any atom is 0.290 e. The molecular weight excluding hydrogens is 406 g/mol. The van der Waals surface area contributed by atoms with Gasteiger partial charge in [0, 0.05) is 13.1 Å². The summed E-state index contributed by atoms with van der Waals surface area (Å²) in [7, 11) is 3.76. The number of nitrogens with zero attached hydrogens (tertiary/aromatic N) is 2. The van der Waals surface area contributed by atoms with E-state index in [9.17, 15) is 19.5 Å². The molecule has 0 saturated carbocycles. The van der Waals surface area contributed by atoms with Crippen LogP contribution >= 0.6 is 11.3 Å². The van der Waals surface area contributed by atoms with Gasteiger partial charge >= 0.3 is 0 Å². The van der Waals surface area contributed by atoms with Crippen molar-refractivity contribution in [3.63, 3.8) is 0 Å². The van der Waals surface area contributed by atoms with Gasteiger partial charge in [-0.1, -0.05) is 18.2 Å². The Morgan fingerprint density at radius 3 is 2.50 bits per heavy atom. The van der Waals surface area contributed by atoms with Crippen LogP contribution < -0.4 is 10.5 Å². The molecule has 0 unspecified atom stereocenters. The van der Waals surface area contributed by atoms with Crippen LogP contribution in [0.2, 0.25) is 0 Å². The van der Waals surface area contributed by atoms with Crippen molar-refractivity contribution in [2.24, 2.45) is 5.73 Å². The van der Waals surface area contributed by atoms with Gasteiger partial charge in [-0.3, -0.25) is 14.4 Å². The normalized spacial score (nSPS) is 16.4. The zero-order valence-corrected chi connectivity index (χ0v) is 17.5. The Hall–Kier alpha value is -3.17. The van der Waals surface area contributed by atoms with Crippen molar-refractivity contribution in [3.05, 3.63) is 63.6 Å². The van der Waals surface area contributed by atoms with E-state index in [0.717, 1.165) is 0 Å². The molecule has 9 heteroatoms. The molecule has 0 saturated heterocycles. The Balaban J connectivity index is 1.96. The van der Waals surface area contributed by atoms with Gasteiger partial charge in [-0.15, -0.1) is 11.3 Å². The summed E-state index contributed by atoms with van der Waals surface area (Å²) in [5.74, 6) is -1.63. The molecule has 0 fully saturated rings. The fraction of sp³-hybridized carbons (Fsp3) is 0.286. The molecule has 30 heavy (non-hydrogen) atoms. The van der Waals surface area contributed by atoms with Crippen molar-refractivity contribution in [2.75, 3.05) is 33.8 Å². The van der Waals surface area contributed by atoms with Crippen molar-refractivity contribution in [1.82, 2.24) is 9.80 Å². The van der Waals surface area contributed by atoms with E-state index in [0.29, 0.717) is 29.3 Å². The molecule has 1 aliphatic heterocycles. The zero-order chi connectivity index (χ0) is 21.8. The van der Waals surface area contributed by atoms with E-state index in [1.807, 2.05) is 19.0 Å². The van der Waals surface area contributed by atoms with Crippen LogP contribution in [0.25, 0.3) is 0 Å². The number of rotatable bonds is 9. The minimum absolute atomic E-state index is 0.0620. The second kappa shape index (κ2) is 9.10. The van der Waals surface area contributed by atoms with Crippen LogP contribution in [0.5, 0.6) is 5.75 Å². The number of Topliss-reactive ketones (excluding diaryl/α,β-unsaturated/α-hetero) is 1. The first-order valence-electron chi connectivity index (χ1n) is 9.27. The van der Waals surface area contributed by atoms with Gasteiger partial charge in [0.15, 0.2) is 12.4 Å². The van der Waals surface area contributed by atoms with Gasteiger partial charge in [-0.05, 0) is 43.2 Å². The number of aliphatic hydroxyl groups excluding tert-OH is 1. The Morgan fingerprint density at radius 2 is 1.93 bits per heavy atom. The fourth-order valence-corrected chi connectivity index (χ4v) is 3.89. The quantitative estimate of drug-likeness (QED) is 0.587.